The van der Waals surface area contributed by atoms with Crippen LogP contribution in [0.5, 0.6) is 0 Å². The Hall–Kier alpha value is -1.92. The molecule has 1 aromatic rings. The summed E-state index contributed by atoms with van der Waals surface area (Å²) in [5, 5.41) is 0. The fourth-order valence-corrected chi connectivity index (χ4v) is 0.986. The molecule has 1 rings (SSSR count). The maximum absolute atomic E-state index is 11.8. The molecule has 16 heavy (non-hydrogen) atoms. The van der Waals surface area contributed by atoms with Gasteiger partial charge < -0.3 is 16.2 Å². The highest BCUT2D eigenvalue weighted by Crippen LogP contribution is 2.21. The Balaban J connectivity index is 2.78. The minimum atomic E-state index is -4.56. The van der Waals surface area contributed by atoms with Crippen molar-refractivity contribution < 1.29 is 22.7 Å². The van der Waals surface area contributed by atoms with Gasteiger partial charge in [-0.3, -0.25) is 0 Å². The molecule has 0 aliphatic rings. The Kier molecular flexibility index (Phi) is 3.26. The molecule has 0 radical (unpaired) electrons. The van der Waals surface area contributed by atoms with Gasteiger partial charge in [-0.1, -0.05) is 6.07 Å². The minimum Gasteiger partial charge on any atom is -0.452 e. The van der Waals surface area contributed by atoms with Gasteiger partial charge in [0.15, 0.2) is 6.61 Å². The maximum Gasteiger partial charge on any atom is 0.422 e. The molecule has 0 aliphatic carbocycles. The summed E-state index contributed by atoms with van der Waals surface area (Å²) in [5.41, 5.74) is 10.6. The first-order valence-corrected chi connectivity index (χ1v) is 4.19. The number of carbonyl (C=O) groups excluding carboxylic acids is 1. The third kappa shape index (κ3) is 3.04. The first kappa shape index (κ1) is 12.2. The normalized spacial score (nSPS) is 11.2. The van der Waals surface area contributed by atoms with E-state index in [0.717, 1.165) is 0 Å². The van der Waals surface area contributed by atoms with Gasteiger partial charge >= 0.3 is 12.1 Å². The fourth-order valence-electron chi connectivity index (χ4n) is 0.986. The van der Waals surface area contributed by atoms with E-state index in [9.17, 15) is 18.0 Å². The molecule has 0 heterocycles. The zero-order valence-electron chi connectivity index (χ0n) is 8.04. The molecule has 0 unspecified atom stereocenters. The lowest BCUT2D eigenvalue weighted by Crippen LogP contribution is -2.21. The summed E-state index contributed by atoms with van der Waals surface area (Å²) in [6.07, 6.45) is -4.56. The Morgan fingerprint density at radius 3 is 2.50 bits per heavy atom. The highest BCUT2D eigenvalue weighted by molar-refractivity contribution is 5.97. The Bertz CT molecular complexity index is 404. The minimum absolute atomic E-state index is 0.0883. The second-order valence-electron chi connectivity index (χ2n) is 3.00. The number of hydrogen-bond donors (Lipinski definition) is 2. The molecular formula is C9H9F3N2O2. The van der Waals surface area contributed by atoms with Crippen LogP contribution in [-0.4, -0.2) is 18.8 Å². The van der Waals surface area contributed by atoms with Crippen LogP contribution in [0.25, 0.3) is 0 Å². The van der Waals surface area contributed by atoms with E-state index in [4.69, 9.17) is 11.5 Å². The molecule has 0 fully saturated rings. The van der Waals surface area contributed by atoms with E-state index in [1.165, 1.54) is 18.2 Å². The maximum atomic E-state index is 11.8. The van der Waals surface area contributed by atoms with Crippen molar-refractivity contribution in [1.82, 2.24) is 0 Å². The number of carbonyl (C=O) groups is 1. The summed E-state index contributed by atoms with van der Waals surface area (Å²) in [4.78, 5) is 11.2. The van der Waals surface area contributed by atoms with Gasteiger partial charge in [0.25, 0.3) is 0 Å². The third-order valence-electron chi connectivity index (χ3n) is 1.73. The van der Waals surface area contributed by atoms with Gasteiger partial charge in [-0.2, -0.15) is 13.2 Å². The van der Waals surface area contributed by atoms with Crippen molar-refractivity contribution in [3.63, 3.8) is 0 Å². The number of nitrogen functional groups attached to an aromatic ring is 2. The predicted molar refractivity (Wildman–Crippen MR) is 51.6 cm³/mol. The largest absolute Gasteiger partial charge is 0.452 e. The van der Waals surface area contributed by atoms with Crippen molar-refractivity contribution in [1.29, 1.82) is 0 Å². The number of halogens is 3. The van der Waals surface area contributed by atoms with E-state index in [-0.39, 0.29) is 16.9 Å². The first-order chi connectivity index (χ1) is 7.31. The van der Waals surface area contributed by atoms with Crippen LogP contribution in [0, 0.1) is 0 Å². The molecule has 4 N–H and O–H groups in total. The van der Waals surface area contributed by atoms with Crippen molar-refractivity contribution in [2.75, 3.05) is 18.1 Å². The van der Waals surface area contributed by atoms with Crippen molar-refractivity contribution in [3.8, 4) is 0 Å². The highest BCUT2D eigenvalue weighted by atomic mass is 19.4. The number of alkyl halides is 3. The van der Waals surface area contributed by atoms with Crippen LogP contribution < -0.4 is 11.5 Å². The molecule has 0 saturated carbocycles. The van der Waals surface area contributed by atoms with Crippen molar-refractivity contribution >= 4 is 17.3 Å². The van der Waals surface area contributed by atoms with Gasteiger partial charge in [0.2, 0.25) is 0 Å². The van der Waals surface area contributed by atoms with Crippen LogP contribution >= 0.6 is 0 Å². The van der Waals surface area contributed by atoms with Gasteiger partial charge in [-0.25, -0.2) is 4.79 Å². The summed E-state index contributed by atoms with van der Waals surface area (Å²) in [6, 6.07) is 4.07. The smallest absolute Gasteiger partial charge is 0.422 e. The summed E-state index contributed by atoms with van der Waals surface area (Å²) < 4.78 is 39.4. The number of rotatable bonds is 2. The van der Waals surface area contributed by atoms with Crippen molar-refractivity contribution in [3.05, 3.63) is 23.8 Å². The standard InChI is InChI=1S/C9H9F3N2O2/c10-9(11,12)4-16-8(15)5-2-1-3-6(13)7(5)14/h1-3H,4,13-14H2. The zero-order valence-corrected chi connectivity index (χ0v) is 8.04. The second-order valence-corrected chi connectivity index (χ2v) is 3.00. The lowest BCUT2D eigenvalue weighted by atomic mass is 10.1. The molecule has 0 atom stereocenters. The van der Waals surface area contributed by atoms with Gasteiger partial charge in [0.05, 0.1) is 16.9 Å². The summed E-state index contributed by atoms with van der Waals surface area (Å²) >= 11 is 0. The molecular weight excluding hydrogens is 225 g/mol. The van der Waals surface area contributed by atoms with E-state index in [1.54, 1.807) is 0 Å². The number of nitrogens with two attached hydrogens (primary N) is 2. The number of para-hydroxylation sites is 1. The van der Waals surface area contributed by atoms with Crippen LogP contribution in [0.2, 0.25) is 0 Å². The number of ether oxygens (including phenoxy) is 1. The monoisotopic (exact) mass is 234 g/mol. The van der Waals surface area contributed by atoms with Crippen LogP contribution in [0.3, 0.4) is 0 Å². The predicted octanol–water partition coefficient (Wildman–Crippen LogP) is 1.57. The van der Waals surface area contributed by atoms with Gasteiger partial charge in [-0.05, 0) is 12.1 Å². The topological polar surface area (TPSA) is 78.3 Å². The summed E-state index contributed by atoms with van der Waals surface area (Å²) in [6.45, 7) is -1.65. The van der Waals surface area contributed by atoms with E-state index in [2.05, 4.69) is 4.74 Å². The van der Waals surface area contributed by atoms with E-state index >= 15 is 0 Å². The summed E-state index contributed by atoms with van der Waals surface area (Å²) in [7, 11) is 0. The Labute approximate surface area is 89.0 Å². The first-order valence-electron chi connectivity index (χ1n) is 4.19. The molecule has 0 bridgehead atoms. The molecule has 0 spiro atoms. The lowest BCUT2D eigenvalue weighted by molar-refractivity contribution is -0.161. The van der Waals surface area contributed by atoms with Crippen LogP contribution in [0.1, 0.15) is 10.4 Å². The fraction of sp³-hybridized carbons (Fsp3) is 0.222. The Morgan fingerprint density at radius 1 is 1.31 bits per heavy atom. The van der Waals surface area contributed by atoms with Gasteiger partial charge in [0, 0.05) is 0 Å². The van der Waals surface area contributed by atoms with E-state index < -0.39 is 18.8 Å². The third-order valence-corrected chi connectivity index (χ3v) is 1.73. The quantitative estimate of drug-likeness (QED) is 0.601. The number of hydrogen-bond acceptors (Lipinski definition) is 4. The number of esters is 1. The molecule has 0 aliphatic heterocycles. The molecule has 0 amide bonds. The van der Waals surface area contributed by atoms with Gasteiger partial charge in [-0.15, -0.1) is 0 Å². The van der Waals surface area contributed by atoms with Crippen LogP contribution in [0.15, 0.2) is 18.2 Å². The molecule has 88 valence electrons. The average Bonchev–Trinajstić information content (AvgIpc) is 2.17. The van der Waals surface area contributed by atoms with E-state index in [1.807, 2.05) is 0 Å². The highest BCUT2D eigenvalue weighted by Gasteiger charge is 2.30. The van der Waals surface area contributed by atoms with E-state index in [0.29, 0.717) is 0 Å². The van der Waals surface area contributed by atoms with Crippen LogP contribution in [-0.2, 0) is 4.74 Å². The zero-order chi connectivity index (χ0) is 12.3. The number of benzene rings is 1. The molecule has 0 saturated heterocycles. The molecule has 0 aromatic heterocycles. The number of anilines is 2. The van der Waals surface area contributed by atoms with Crippen molar-refractivity contribution in [2.24, 2.45) is 0 Å². The molecule has 4 nitrogen and oxygen atoms in total. The second kappa shape index (κ2) is 4.30. The van der Waals surface area contributed by atoms with Crippen LogP contribution in [0.4, 0.5) is 24.5 Å². The lowest BCUT2D eigenvalue weighted by Gasteiger charge is -2.10. The van der Waals surface area contributed by atoms with Gasteiger partial charge in [0.1, 0.15) is 0 Å². The molecule has 1 aromatic carbocycles. The average molecular weight is 234 g/mol. The Morgan fingerprint density at radius 2 is 1.94 bits per heavy atom. The summed E-state index contributed by atoms with van der Waals surface area (Å²) in [5.74, 6) is -1.15. The van der Waals surface area contributed by atoms with Crippen molar-refractivity contribution in [2.45, 2.75) is 6.18 Å². The molecule has 7 heteroatoms. The SMILES string of the molecule is Nc1cccc(C(=O)OCC(F)(F)F)c1N.